The summed E-state index contributed by atoms with van der Waals surface area (Å²) in [5.74, 6) is -5.06. The number of carboxylic acids is 3. The molecule has 0 spiro atoms. The lowest BCUT2D eigenvalue weighted by Gasteiger charge is -2.13. The first-order valence-electron chi connectivity index (χ1n) is 18.8. The lowest BCUT2D eigenvalue weighted by molar-refractivity contribution is -0.727. The quantitative estimate of drug-likeness (QED) is 0.0635. The number of halogens is 1. The lowest BCUT2D eigenvalue weighted by atomic mass is 10.1. The first-order valence-corrected chi connectivity index (χ1v) is 18.8. The Kier molecular flexibility index (Phi) is 23.6. The number of rotatable bonds is 19. The minimum atomic E-state index is -1.54. The molecule has 7 N–H and O–H groups in total. The van der Waals surface area contributed by atoms with Gasteiger partial charge in [-0.2, -0.15) is 9.13 Å². The number of alkyl carbamates (subject to hydrolysis) is 2. The van der Waals surface area contributed by atoms with Crippen molar-refractivity contribution in [2.75, 3.05) is 0 Å². The third-order valence-corrected chi connectivity index (χ3v) is 8.49. The van der Waals surface area contributed by atoms with E-state index in [9.17, 15) is 33.6 Å². The molecule has 19 heteroatoms. The number of carbonyl (C=O) groups is 7. The normalized spacial score (nSPS) is 12.0. The molecule has 0 aliphatic heterocycles. The van der Waals surface area contributed by atoms with E-state index in [0.29, 0.717) is 24.8 Å². The van der Waals surface area contributed by atoms with E-state index in [1.165, 1.54) is 41.2 Å². The van der Waals surface area contributed by atoms with Crippen molar-refractivity contribution in [2.45, 2.75) is 91.5 Å². The van der Waals surface area contributed by atoms with E-state index in [2.05, 4.69) is 21.3 Å². The van der Waals surface area contributed by atoms with Crippen molar-refractivity contribution in [3.8, 4) is 0 Å². The molecule has 0 aliphatic carbocycles. The molecule has 4 atom stereocenters. The van der Waals surface area contributed by atoms with Gasteiger partial charge in [-0.25, -0.2) is 19.2 Å². The molecular weight excluding hydrogens is 828 g/mol. The third kappa shape index (κ3) is 19.8. The van der Waals surface area contributed by atoms with E-state index >= 15 is 0 Å². The molecule has 0 fully saturated rings. The lowest BCUT2D eigenvalue weighted by Crippen LogP contribution is -3.00. The molecule has 4 rings (SSSR count). The summed E-state index contributed by atoms with van der Waals surface area (Å²) in [5.41, 5.74) is 2.67. The fourth-order valence-electron chi connectivity index (χ4n) is 5.38. The number of carboxylic acid groups (broad SMARTS) is 3. The Hall–Kier alpha value is -7.08. The van der Waals surface area contributed by atoms with Crippen molar-refractivity contribution in [1.82, 2.24) is 21.3 Å². The van der Waals surface area contributed by atoms with Crippen LogP contribution in [0.5, 0.6) is 0 Å². The molecule has 0 saturated carbocycles. The zero-order valence-corrected chi connectivity index (χ0v) is 34.5. The number of benzene rings is 2. The molecule has 4 aromatic rings. The predicted molar refractivity (Wildman–Crippen MR) is 219 cm³/mol. The van der Waals surface area contributed by atoms with Crippen LogP contribution in [0.2, 0.25) is 0 Å². The third-order valence-electron chi connectivity index (χ3n) is 8.49. The van der Waals surface area contributed by atoms with Gasteiger partial charge < -0.3 is 58.5 Å². The van der Waals surface area contributed by atoms with Crippen LogP contribution < -0.4 is 42.8 Å². The minimum Gasteiger partial charge on any atom is -1.00 e. The van der Waals surface area contributed by atoms with Gasteiger partial charge in [-0.15, -0.1) is 0 Å². The number of ether oxygens (including phenoxy) is 2. The van der Waals surface area contributed by atoms with Crippen molar-refractivity contribution >= 4 is 41.9 Å². The van der Waals surface area contributed by atoms with E-state index in [0.717, 1.165) is 11.1 Å². The Morgan fingerprint density at radius 2 is 0.919 bits per heavy atom. The van der Waals surface area contributed by atoms with Gasteiger partial charge in [0.15, 0.2) is 24.8 Å². The second-order valence-corrected chi connectivity index (χ2v) is 13.5. The monoisotopic (exact) mass is 881 g/mol. The molecule has 4 amide bonds. The maximum Gasteiger partial charge on any atom is 0.412 e. The summed E-state index contributed by atoms with van der Waals surface area (Å²) in [6.45, 7) is 5.33. The van der Waals surface area contributed by atoms with E-state index < -0.39 is 60.4 Å². The summed E-state index contributed by atoms with van der Waals surface area (Å²) in [6, 6.07) is 22.7. The summed E-state index contributed by atoms with van der Waals surface area (Å²) in [6.07, 6.45) is 5.90. The predicted octanol–water partition coefficient (Wildman–Crippen LogP) is 0.469. The number of aliphatic carboxylic acids is 3. The molecule has 0 unspecified atom stereocenters. The van der Waals surface area contributed by atoms with Gasteiger partial charge in [-0.05, 0) is 44.2 Å². The molecule has 18 nitrogen and oxygen atoms in total. The smallest absolute Gasteiger partial charge is 0.412 e. The zero-order chi connectivity index (χ0) is 44.0. The Morgan fingerprint density at radius 3 is 1.24 bits per heavy atom. The molecule has 2 aromatic carbocycles. The van der Waals surface area contributed by atoms with Crippen molar-refractivity contribution in [3.05, 3.63) is 132 Å². The van der Waals surface area contributed by atoms with Gasteiger partial charge in [0.25, 0.3) is 25.3 Å². The highest BCUT2D eigenvalue weighted by Gasteiger charge is 2.24. The van der Waals surface area contributed by atoms with E-state index in [1.54, 1.807) is 23.9 Å². The highest BCUT2D eigenvalue weighted by molar-refractivity contribution is 5.97. The minimum absolute atomic E-state index is 0. The number of amides is 4. The van der Waals surface area contributed by atoms with E-state index in [-0.39, 0.29) is 50.9 Å². The molecule has 0 saturated heterocycles. The summed E-state index contributed by atoms with van der Waals surface area (Å²) in [5, 5.41) is 36.8. The van der Waals surface area contributed by atoms with Crippen molar-refractivity contribution in [1.29, 1.82) is 0 Å². The summed E-state index contributed by atoms with van der Waals surface area (Å²) in [7, 11) is 0. The number of nitrogens with zero attached hydrogens (tertiary/aromatic N) is 2. The van der Waals surface area contributed by atoms with Crippen LogP contribution in [0.25, 0.3) is 0 Å². The molecule has 334 valence electrons. The first-order chi connectivity index (χ1) is 28.6. The Bertz CT molecular complexity index is 2040. The van der Waals surface area contributed by atoms with Crippen molar-refractivity contribution < 1.29 is 79.9 Å². The van der Waals surface area contributed by atoms with Crippen LogP contribution in [0, 0.1) is 0 Å². The standard InChI is InChI=1S/C21H23N3O7.C21H25N3O5.CH4.ClH/c1-14(11-15-5-3-2-4-6-15)22-21(30)31-13-24-9-7-16(8-10-24)19(27)23-17(20(28)29)12-18(25)26;1-3-18(20(26)27)23-19(25)17-9-11-24(12-10-17)14-29-21(28)22-15(2)13-16-7-5-4-6-8-16;;/h2-10,14,17H,11-13H2,1H3,(H3-,22,23,25,26,27,28,29,30);4-12,15,18H,3,13-14H2,1-2H3,(H2-,22,23,25,26,27,28);1H4;1H/p+1/t14-,17-;15-,18-;;/m00../s1. The SMILES string of the molecule is C.CC[C@H](NC(=O)c1cc[n+](COC(=O)N[C@@H](C)Cc2ccccc2)cc1)C(=O)O.C[C@@H](Cc1ccccc1)NC(=O)OC[n+]1ccc(C(=O)N[C@@H](CC(=O)O)C(=O)O)cc1.[Cl-]. The fourth-order valence-corrected chi connectivity index (χ4v) is 5.38. The molecular formula is C43H54ClN6O12+. The summed E-state index contributed by atoms with van der Waals surface area (Å²) in [4.78, 5) is 80.9. The largest absolute Gasteiger partial charge is 1.00 e. The Labute approximate surface area is 365 Å². The second-order valence-electron chi connectivity index (χ2n) is 13.5. The number of aromatic nitrogens is 2. The Balaban J connectivity index is 0.000000602. The highest BCUT2D eigenvalue weighted by atomic mass is 35.5. The average molecular weight is 882 g/mol. The van der Waals surface area contributed by atoms with Crippen LogP contribution in [0.3, 0.4) is 0 Å². The summed E-state index contributed by atoms with van der Waals surface area (Å²) < 4.78 is 13.4. The maximum atomic E-state index is 12.1. The van der Waals surface area contributed by atoms with Crippen LogP contribution in [0.1, 0.15) is 72.9 Å². The van der Waals surface area contributed by atoms with Crippen LogP contribution in [-0.2, 0) is 50.2 Å². The van der Waals surface area contributed by atoms with Crippen LogP contribution in [0.4, 0.5) is 9.59 Å². The molecule has 2 aromatic heterocycles. The van der Waals surface area contributed by atoms with Crippen LogP contribution in [-0.4, -0.2) is 81.4 Å². The van der Waals surface area contributed by atoms with Gasteiger partial charge in [-0.3, -0.25) is 14.4 Å². The second kappa shape index (κ2) is 27.6. The Morgan fingerprint density at radius 1 is 0.565 bits per heavy atom. The van der Waals surface area contributed by atoms with Crippen molar-refractivity contribution in [2.24, 2.45) is 0 Å². The first kappa shape index (κ1) is 52.9. The van der Waals surface area contributed by atoms with Gasteiger partial charge in [0.05, 0.1) is 17.5 Å². The van der Waals surface area contributed by atoms with Gasteiger partial charge >= 0.3 is 30.1 Å². The number of carbonyl (C=O) groups excluding carboxylic acids is 4. The maximum absolute atomic E-state index is 12.1. The van der Waals surface area contributed by atoms with Crippen LogP contribution in [0.15, 0.2) is 110 Å². The van der Waals surface area contributed by atoms with Gasteiger partial charge in [-0.1, -0.05) is 75.0 Å². The van der Waals surface area contributed by atoms with E-state index in [1.807, 2.05) is 74.5 Å². The van der Waals surface area contributed by atoms with Gasteiger partial charge in [0.2, 0.25) is 0 Å². The number of hydrogen-bond acceptors (Lipinski definition) is 9. The van der Waals surface area contributed by atoms with E-state index in [4.69, 9.17) is 24.8 Å². The van der Waals surface area contributed by atoms with Crippen molar-refractivity contribution in [3.63, 3.8) is 0 Å². The molecule has 0 radical (unpaired) electrons. The molecule has 0 aliphatic rings. The topological polar surface area (TPSA) is 255 Å². The fraction of sp³-hybridized carbons (Fsp3) is 0.326. The number of pyridine rings is 2. The zero-order valence-electron chi connectivity index (χ0n) is 33.7. The highest BCUT2D eigenvalue weighted by Crippen LogP contribution is 2.05. The van der Waals surface area contributed by atoms with Crippen LogP contribution >= 0.6 is 0 Å². The molecule has 62 heavy (non-hydrogen) atoms. The van der Waals surface area contributed by atoms with Gasteiger partial charge in [0, 0.05) is 36.3 Å². The summed E-state index contributed by atoms with van der Waals surface area (Å²) >= 11 is 0. The average Bonchev–Trinajstić information content (AvgIpc) is 3.21. The number of hydrogen-bond donors (Lipinski definition) is 7. The van der Waals surface area contributed by atoms with Gasteiger partial charge in [0.1, 0.15) is 12.1 Å². The molecule has 0 bridgehead atoms. The number of nitrogens with one attached hydrogen (secondary N) is 4. The molecule has 2 heterocycles.